The first-order valence-corrected chi connectivity index (χ1v) is 9.73. The number of para-hydroxylation sites is 1. The minimum atomic E-state index is -0.282. The molecule has 4 rings (SSSR count). The number of aliphatic imine (C=N–C) groups is 1. The molecule has 140 valence electrons. The summed E-state index contributed by atoms with van der Waals surface area (Å²) in [4.78, 5) is 30.0. The molecule has 1 fully saturated rings. The van der Waals surface area contributed by atoms with Crippen molar-refractivity contribution < 1.29 is 9.21 Å². The first-order chi connectivity index (χ1) is 13.5. The molecule has 0 spiro atoms. The van der Waals surface area contributed by atoms with Crippen LogP contribution in [0.15, 0.2) is 73.9 Å². The van der Waals surface area contributed by atoms with Crippen LogP contribution in [0, 0.1) is 0 Å². The van der Waals surface area contributed by atoms with Gasteiger partial charge in [0.15, 0.2) is 10.6 Å². The lowest BCUT2D eigenvalue weighted by Crippen LogP contribution is -2.19. The summed E-state index contributed by atoms with van der Waals surface area (Å²) in [5.41, 5.74) is 2.53. The van der Waals surface area contributed by atoms with E-state index in [2.05, 4.69) is 24.2 Å². The Labute approximate surface area is 166 Å². The van der Waals surface area contributed by atoms with Gasteiger partial charge in [0.05, 0.1) is 21.5 Å². The molecule has 1 N–H and O–H groups in total. The highest BCUT2D eigenvalue weighted by atomic mass is 32.2. The molecule has 1 aromatic heterocycles. The van der Waals surface area contributed by atoms with Crippen molar-refractivity contribution in [3.8, 4) is 0 Å². The fourth-order valence-electron chi connectivity index (χ4n) is 2.86. The first kappa shape index (κ1) is 18.3. The number of carbonyl (C=O) groups excluding carboxylic acids is 1. The van der Waals surface area contributed by atoms with Gasteiger partial charge in [-0.15, -0.1) is 0 Å². The zero-order chi connectivity index (χ0) is 19.7. The largest absolute Gasteiger partial charge is 0.463 e. The second-order valence-corrected chi connectivity index (χ2v) is 7.78. The molecule has 3 aromatic rings. The number of amidine groups is 1. The minimum absolute atomic E-state index is 0.155. The standard InChI is InChI=1S/C22H18N2O3S/c1-13(2)14-8-9-18-17(10-14)20(25)15(12-27-18)11-19-21(26)24-22(28-19)23-16-6-4-3-5-7-16/h3-13H,1-2H3,(H,23,24,26)/b19-11+. The van der Waals surface area contributed by atoms with E-state index >= 15 is 0 Å². The van der Waals surface area contributed by atoms with Crippen molar-refractivity contribution in [3.05, 3.63) is 81.0 Å². The predicted octanol–water partition coefficient (Wildman–Crippen LogP) is 4.81. The Bertz CT molecular complexity index is 1180. The van der Waals surface area contributed by atoms with Crippen LogP contribution in [0.2, 0.25) is 0 Å². The van der Waals surface area contributed by atoms with Crippen molar-refractivity contribution in [2.24, 2.45) is 4.99 Å². The number of hydrogen-bond donors (Lipinski definition) is 1. The summed E-state index contributed by atoms with van der Waals surface area (Å²) in [6.07, 6.45) is 2.95. The van der Waals surface area contributed by atoms with Gasteiger partial charge in [-0.1, -0.05) is 38.1 Å². The highest BCUT2D eigenvalue weighted by Gasteiger charge is 2.24. The second-order valence-electron chi connectivity index (χ2n) is 6.75. The molecule has 0 bridgehead atoms. The number of benzene rings is 2. The normalized spacial score (nSPS) is 17.0. The Kier molecular flexibility index (Phi) is 4.88. The van der Waals surface area contributed by atoms with Gasteiger partial charge in [0, 0.05) is 0 Å². The van der Waals surface area contributed by atoms with Crippen LogP contribution < -0.4 is 10.7 Å². The van der Waals surface area contributed by atoms with Crippen molar-refractivity contribution in [2.75, 3.05) is 0 Å². The summed E-state index contributed by atoms with van der Waals surface area (Å²) >= 11 is 1.20. The molecule has 0 aliphatic carbocycles. The number of rotatable bonds is 3. The van der Waals surface area contributed by atoms with Crippen molar-refractivity contribution in [1.29, 1.82) is 0 Å². The van der Waals surface area contributed by atoms with Crippen LogP contribution in [0.5, 0.6) is 0 Å². The van der Waals surface area contributed by atoms with E-state index < -0.39 is 0 Å². The third kappa shape index (κ3) is 3.64. The van der Waals surface area contributed by atoms with Crippen LogP contribution in [0.25, 0.3) is 17.0 Å². The zero-order valence-electron chi connectivity index (χ0n) is 15.4. The van der Waals surface area contributed by atoms with Crippen LogP contribution in [-0.2, 0) is 4.79 Å². The van der Waals surface area contributed by atoms with Crippen molar-refractivity contribution in [1.82, 2.24) is 5.32 Å². The van der Waals surface area contributed by atoms with Gasteiger partial charge < -0.3 is 9.73 Å². The fourth-order valence-corrected chi connectivity index (χ4v) is 3.70. The molecule has 2 heterocycles. The summed E-state index contributed by atoms with van der Waals surface area (Å²) in [7, 11) is 0. The Morgan fingerprint density at radius 1 is 1.11 bits per heavy atom. The lowest BCUT2D eigenvalue weighted by atomic mass is 10.0. The molecule has 2 aromatic carbocycles. The number of nitrogens with zero attached hydrogens (tertiary/aromatic N) is 1. The van der Waals surface area contributed by atoms with E-state index in [1.54, 1.807) is 6.08 Å². The van der Waals surface area contributed by atoms with Gasteiger partial charge in [-0.2, -0.15) is 0 Å². The van der Waals surface area contributed by atoms with Crippen LogP contribution in [0.4, 0.5) is 5.69 Å². The quantitative estimate of drug-likeness (QED) is 0.652. The molecule has 1 aliphatic heterocycles. The van der Waals surface area contributed by atoms with Crippen molar-refractivity contribution >= 4 is 45.6 Å². The molecule has 5 nitrogen and oxygen atoms in total. The Morgan fingerprint density at radius 2 is 1.89 bits per heavy atom. The molecule has 0 unspecified atom stereocenters. The molecule has 1 saturated heterocycles. The number of thioether (sulfide) groups is 1. The molecular formula is C22H18N2O3S. The molecule has 1 amide bonds. The number of hydrogen-bond acceptors (Lipinski definition) is 5. The summed E-state index contributed by atoms with van der Waals surface area (Å²) < 4.78 is 5.61. The highest BCUT2D eigenvalue weighted by Crippen LogP contribution is 2.28. The van der Waals surface area contributed by atoms with Gasteiger partial charge in [0.2, 0.25) is 0 Å². The van der Waals surface area contributed by atoms with E-state index in [1.165, 1.54) is 18.0 Å². The Hall–Kier alpha value is -3.12. The molecule has 1 aliphatic rings. The van der Waals surface area contributed by atoms with Crippen molar-refractivity contribution in [2.45, 2.75) is 19.8 Å². The average Bonchev–Trinajstić information content (AvgIpc) is 3.03. The first-order valence-electron chi connectivity index (χ1n) is 8.91. The van der Waals surface area contributed by atoms with Crippen LogP contribution >= 0.6 is 11.8 Å². The summed E-state index contributed by atoms with van der Waals surface area (Å²) in [6.45, 7) is 4.14. The molecule has 0 saturated carbocycles. The second kappa shape index (κ2) is 7.48. The number of fused-ring (bicyclic) bond motifs is 1. The fraction of sp³-hybridized carbons (Fsp3) is 0.136. The van der Waals surface area contributed by atoms with E-state index in [0.29, 0.717) is 32.5 Å². The van der Waals surface area contributed by atoms with E-state index in [1.807, 2.05) is 48.5 Å². The monoisotopic (exact) mass is 390 g/mol. The maximum atomic E-state index is 12.9. The predicted molar refractivity (Wildman–Crippen MR) is 114 cm³/mol. The van der Waals surface area contributed by atoms with E-state index in [-0.39, 0.29) is 11.3 Å². The van der Waals surface area contributed by atoms with Crippen LogP contribution in [0.3, 0.4) is 0 Å². The van der Waals surface area contributed by atoms with Crippen LogP contribution in [0.1, 0.15) is 30.9 Å². The molecular weight excluding hydrogens is 372 g/mol. The molecule has 0 radical (unpaired) electrons. The maximum absolute atomic E-state index is 12.9. The number of amides is 1. The molecule has 28 heavy (non-hydrogen) atoms. The van der Waals surface area contributed by atoms with E-state index in [0.717, 1.165) is 11.3 Å². The number of nitrogens with one attached hydrogen (secondary N) is 1. The molecule has 6 heteroatoms. The average molecular weight is 390 g/mol. The van der Waals surface area contributed by atoms with Crippen molar-refractivity contribution in [3.63, 3.8) is 0 Å². The third-order valence-corrected chi connectivity index (χ3v) is 5.32. The minimum Gasteiger partial charge on any atom is -0.463 e. The lowest BCUT2D eigenvalue weighted by Gasteiger charge is -2.06. The Morgan fingerprint density at radius 3 is 2.64 bits per heavy atom. The lowest BCUT2D eigenvalue weighted by molar-refractivity contribution is -0.115. The van der Waals surface area contributed by atoms with Gasteiger partial charge in [0.25, 0.3) is 5.91 Å². The third-order valence-electron chi connectivity index (χ3n) is 4.41. The maximum Gasteiger partial charge on any atom is 0.264 e. The summed E-state index contributed by atoms with van der Waals surface area (Å²) in [5, 5.41) is 3.72. The van der Waals surface area contributed by atoms with Crippen LogP contribution in [-0.4, -0.2) is 11.1 Å². The molecule has 0 atom stereocenters. The smallest absolute Gasteiger partial charge is 0.264 e. The highest BCUT2D eigenvalue weighted by molar-refractivity contribution is 8.18. The van der Waals surface area contributed by atoms with Gasteiger partial charge in [0.1, 0.15) is 11.8 Å². The topological polar surface area (TPSA) is 71.7 Å². The van der Waals surface area contributed by atoms with E-state index in [4.69, 9.17) is 4.42 Å². The zero-order valence-corrected chi connectivity index (χ0v) is 16.2. The van der Waals surface area contributed by atoms with Gasteiger partial charge in [-0.05, 0) is 53.6 Å². The Balaban J connectivity index is 1.69. The van der Waals surface area contributed by atoms with Gasteiger partial charge in [-0.3, -0.25) is 9.59 Å². The van der Waals surface area contributed by atoms with Gasteiger partial charge >= 0.3 is 0 Å². The van der Waals surface area contributed by atoms with E-state index in [9.17, 15) is 9.59 Å². The summed E-state index contributed by atoms with van der Waals surface area (Å²) in [6, 6.07) is 15.0. The number of carbonyl (C=O) groups is 1. The van der Waals surface area contributed by atoms with Gasteiger partial charge in [-0.25, -0.2) is 4.99 Å². The summed E-state index contributed by atoms with van der Waals surface area (Å²) in [5.74, 6) is 0.0221. The SMILES string of the molecule is CC(C)c1ccc2occ(/C=C3/SC(=Nc4ccccc4)NC3=O)c(=O)c2c1.